The third-order valence-corrected chi connectivity index (χ3v) is 3.92. The normalized spacial score (nSPS) is 13.2. The molecule has 1 unspecified atom stereocenters. The van der Waals surface area contributed by atoms with Crippen LogP contribution in [0.2, 0.25) is 0 Å². The van der Waals surface area contributed by atoms with Gasteiger partial charge >= 0.3 is 6.61 Å². The Morgan fingerprint density at radius 3 is 2.26 bits per heavy atom. The quantitative estimate of drug-likeness (QED) is 0.835. The van der Waals surface area contributed by atoms with E-state index < -0.39 is 12.2 Å². The van der Waals surface area contributed by atoms with Crippen molar-refractivity contribution in [3.05, 3.63) is 29.8 Å². The second-order valence-electron chi connectivity index (χ2n) is 4.69. The standard InChI is InChI=1S/C13H16BrF2NO2/c1-8(14)13(2,3)17-11(18)9-4-6-10(7-5-9)19-12(15)16/h4-8,12H,1-3H3,(H,17,18). The summed E-state index contributed by atoms with van der Waals surface area (Å²) in [4.78, 5) is 12.1. The lowest BCUT2D eigenvalue weighted by atomic mass is 10.0. The Morgan fingerprint density at radius 2 is 1.84 bits per heavy atom. The summed E-state index contributed by atoms with van der Waals surface area (Å²) in [6.45, 7) is 2.84. The number of ether oxygens (including phenoxy) is 1. The predicted octanol–water partition coefficient (Wildman–Crippen LogP) is 3.58. The number of benzene rings is 1. The maximum absolute atomic E-state index is 12.0. The highest BCUT2D eigenvalue weighted by molar-refractivity contribution is 9.09. The largest absolute Gasteiger partial charge is 0.435 e. The molecule has 19 heavy (non-hydrogen) atoms. The molecule has 0 fully saturated rings. The summed E-state index contributed by atoms with van der Waals surface area (Å²) in [6, 6.07) is 5.57. The SMILES string of the molecule is CC(Br)C(C)(C)NC(=O)c1ccc(OC(F)F)cc1. The average molecular weight is 336 g/mol. The van der Waals surface area contributed by atoms with Crippen LogP contribution in [0.1, 0.15) is 31.1 Å². The van der Waals surface area contributed by atoms with Gasteiger partial charge in [-0.25, -0.2) is 0 Å². The maximum Gasteiger partial charge on any atom is 0.387 e. The van der Waals surface area contributed by atoms with E-state index >= 15 is 0 Å². The third-order valence-electron chi connectivity index (χ3n) is 2.77. The van der Waals surface area contributed by atoms with Crippen LogP contribution in [0.5, 0.6) is 5.75 Å². The Labute approximate surface area is 119 Å². The van der Waals surface area contributed by atoms with Gasteiger partial charge in [0.15, 0.2) is 0 Å². The van der Waals surface area contributed by atoms with Crippen molar-refractivity contribution in [1.29, 1.82) is 0 Å². The third kappa shape index (κ3) is 4.78. The lowest BCUT2D eigenvalue weighted by molar-refractivity contribution is -0.0498. The van der Waals surface area contributed by atoms with Crippen LogP contribution in [0, 0.1) is 0 Å². The van der Waals surface area contributed by atoms with Crippen molar-refractivity contribution in [3.8, 4) is 5.75 Å². The van der Waals surface area contributed by atoms with E-state index in [0.29, 0.717) is 5.56 Å². The van der Waals surface area contributed by atoms with Gasteiger partial charge in [0.2, 0.25) is 0 Å². The number of nitrogens with one attached hydrogen (secondary N) is 1. The molecule has 1 atom stereocenters. The number of carbonyl (C=O) groups is 1. The molecule has 1 rings (SSSR count). The van der Waals surface area contributed by atoms with Crippen LogP contribution < -0.4 is 10.1 Å². The lowest BCUT2D eigenvalue weighted by Crippen LogP contribution is -2.48. The summed E-state index contributed by atoms with van der Waals surface area (Å²) < 4.78 is 28.2. The smallest absolute Gasteiger partial charge is 0.387 e. The molecule has 0 radical (unpaired) electrons. The molecule has 0 spiro atoms. The summed E-state index contributed by atoms with van der Waals surface area (Å²) in [7, 11) is 0. The molecule has 0 aliphatic heterocycles. The molecule has 0 saturated carbocycles. The van der Waals surface area contributed by atoms with Crippen LogP contribution in [0.3, 0.4) is 0 Å². The van der Waals surface area contributed by atoms with Crippen LogP contribution in [-0.2, 0) is 0 Å². The Morgan fingerprint density at radius 1 is 1.32 bits per heavy atom. The van der Waals surface area contributed by atoms with Gasteiger partial charge < -0.3 is 10.1 Å². The van der Waals surface area contributed by atoms with Gasteiger partial charge in [-0.1, -0.05) is 22.9 Å². The molecule has 1 amide bonds. The molecular formula is C13H16BrF2NO2. The highest BCUT2D eigenvalue weighted by atomic mass is 79.9. The zero-order chi connectivity index (χ0) is 14.6. The van der Waals surface area contributed by atoms with Crippen molar-refractivity contribution in [2.45, 2.75) is 37.7 Å². The van der Waals surface area contributed by atoms with Crippen molar-refractivity contribution in [2.75, 3.05) is 0 Å². The molecule has 0 aliphatic rings. The van der Waals surface area contributed by atoms with E-state index in [1.165, 1.54) is 24.3 Å². The minimum atomic E-state index is -2.87. The number of halogens is 3. The first-order valence-electron chi connectivity index (χ1n) is 5.74. The van der Waals surface area contributed by atoms with E-state index in [0.717, 1.165) is 0 Å². The van der Waals surface area contributed by atoms with Crippen molar-refractivity contribution < 1.29 is 18.3 Å². The van der Waals surface area contributed by atoms with Gasteiger partial charge in [-0.3, -0.25) is 4.79 Å². The van der Waals surface area contributed by atoms with Crippen LogP contribution >= 0.6 is 15.9 Å². The Bertz CT molecular complexity index is 433. The van der Waals surface area contributed by atoms with Gasteiger partial charge in [0, 0.05) is 15.9 Å². The fourth-order valence-corrected chi connectivity index (χ4v) is 1.37. The number of carbonyl (C=O) groups excluding carboxylic acids is 1. The predicted molar refractivity (Wildman–Crippen MR) is 73.0 cm³/mol. The van der Waals surface area contributed by atoms with E-state index in [-0.39, 0.29) is 16.5 Å². The lowest BCUT2D eigenvalue weighted by Gasteiger charge is -2.29. The minimum absolute atomic E-state index is 0.0275. The van der Waals surface area contributed by atoms with Crippen molar-refractivity contribution in [2.24, 2.45) is 0 Å². The second-order valence-corrected chi connectivity index (χ2v) is 6.07. The maximum atomic E-state index is 12.0. The fourth-order valence-electron chi connectivity index (χ4n) is 1.25. The summed E-state index contributed by atoms with van der Waals surface area (Å²) in [5, 5.41) is 2.86. The van der Waals surface area contributed by atoms with Crippen molar-refractivity contribution >= 4 is 21.8 Å². The van der Waals surface area contributed by atoms with Crippen LogP contribution in [0.15, 0.2) is 24.3 Å². The highest BCUT2D eigenvalue weighted by Gasteiger charge is 2.26. The van der Waals surface area contributed by atoms with Crippen molar-refractivity contribution in [3.63, 3.8) is 0 Å². The number of alkyl halides is 3. The second kappa shape index (κ2) is 6.32. The monoisotopic (exact) mass is 335 g/mol. The average Bonchev–Trinajstić information content (AvgIpc) is 2.28. The Hall–Kier alpha value is -1.17. The van der Waals surface area contributed by atoms with E-state index in [1.807, 2.05) is 20.8 Å². The molecule has 3 nitrogen and oxygen atoms in total. The first-order valence-corrected chi connectivity index (χ1v) is 6.65. The van der Waals surface area contributed by atoms with Gasteiger partial charge in [0.25, 0.3) is 5.91 Å². The summed E-state index contributed by atoms with van der Waals surface area (Å²) >= 11 is 3.42. The summed E-state index contributed by atoms with van der Waals surface area (Å²) in [6.07, 6.45) is 0. The van der Waals surface area contributed by atoms with E-state index in [1.54, 1.807) is 0 Å². The van der Waals surface area contributed by atoms with E-state index in [4.69, 9.17) is 0 Å². The Balaban J connectivity index is 2.73. The number of hydrogen-bond acceptors (Lipinski definition) is 2. The molecule has 1 N–H and O–H groups in total. The summed E-state index contributed by atoms with van der Waals surface area (Å²) in [5.41, 5.74) is -0.0299. The molecule has 6 heteroatoms. The molecular weight excluding hydrogens is 320 g/mol. The zero-order valence-electron chi connectivity index (χ0n) is 10.9. The molecule has 0 aromatic heterocycles. The van der Waals surface area contributed by atoms with E-state index in [9.17, 15) is 13.6 Å². The zero-order valence-corrected chi connectivity index (χ0v) is 12.5. The Kier molecular flexibility index (Phi) is 5.29. The molecule has 1 aromatic rings. The highest BCUT2D eigenvalue weighted by Crippen LogP contribution is 2.19. The minimum Gasteiger partial charge on any atom is -0.435 e. The van der Waals surface area contributed by atoms with E-state index in [2.05, 4.69) is 26.0 Å². The molecule has 0 heterocycles. The molecule has 0 bridgehead atoms. The molecule has 106 valence electrons. The van der Waals surface area contributed by atoms with Gasteiger partial charge in [-0.15, -0.1) is 0 Å². The fraction of sp³-hybridized carbons (Fsp3) is 0.462. The van der Waals surface area contributed by atoms with Gasteiger partial charge in [0.1, 0.15) is 5.75 Å². The van der Waals surface area contributed by atoms with Crippen LogP contribution in [0.4, 0.5) is 8.78 Å². The van der Waals surface area contributed by atoms with Gasteiger partial charge in [-0.2, -0.15) is 8.78 Å². The van der Waals surface area contributed by atoms with Crippen LogP contribution in [-0.4, -0.2) is 22.9 Å². The first kappa shape index (κ1) is 15.9. The van der Waals surface area contributed by atoms with Gasteiger partial charge in [0.05, 0.1) is 0 Å². The molecule has 1 aromatic carbocycles. The summed E-state index contributed by atoms with van der Waals surface area (Å²) in [5.74, 6) is -0.237. The first-order chi connectivity index (χ1) is 8.72. The number of hydrogen-bond donors (Lipinski definition) is 1. The van der Waals surface area contributed by atoms with Crippen molar-refractivity contribution in [1.82, 2.24) is 5.32 Å². The molecule has 0 saturated heterocycles. The topological polar surface area (TPSA) is 38.3 Å². The van der Waals surface area contributed by atoms with Crippen LogP contribution in [0.25, 0.3) is 0 Å². The van der Waals surface area contributed by atoms with Gasteiger partial charge in [-0.05, 0) is 38.1 Å². The number of amides is 1. The molecule has 0 aliphatic carbocycles. The number of rotatable bonds is 5.